The fraction of sp³-hybridized carbons (Fsp3) is 0.552. The standard InChI is InChI=1S/C29H40FN3O5/c1-20-9-3-4-13-26(20)38-27-22(11-7-12-23(27)30)29(36,14-5-6-16-37-2)21-10-8-15-32(17-21)28(35)33-18-24(31)25(34)19-33/h3-4,7,9,11-13,21,24-25,34,36H,5-6,8,10,14-19,31H2,1-2H3/t21-,24-,25-,29+/m1/s1. The number of halogens is 1. The zero-order valence-corrected chi connectivity index (χ0v) is 22.3. The molecule has 0 aromatic heterocycles. The first kappa shape index (κ1) is 28.3. The van der Waals surface area contributed by atoms with Crippen LogP contribution >= 0.6 is 0 Å². The van der Waals surface area contributed by atoms with Gasteiger partial charge in [0.1, 0.15) is 5.75 Å². The highest BCUT2D eigenvalue weighted by molar-refractivity contribution is 5.75. The number of carbonyl (C=O) groups is 1. The Labute approximate surface area is 224 Å². The molecule has 0 radical (unpaired) electrons. The fourth-order valence-electron chi connectivity index (χ4n) is 5.64. The first-order valence-corrected chi connectivity index (χ1v) is 13.5. The van der Waals surface area contributed by atoms with Gasteiger partial charge in [-0.2, -0.15) is 0 Å². The number of benzene rings is 2. The third-order valence-corrected chi connectivity index (χ3v) is 7.87. The highest BCUT2D eigenvalue weighted by Gasteiger charge is 2.44. The SMILES string of the molecule is COCCCC[C@@](O)(c1cccc(F)c1Oc1ccccc1C)[C@@H]1CCCN(C(=O)N2C[C@@H](N)[C@H](O)C2)C1. The average molecular weight is 530 g/mol. The average Bonchev–Trinajstić information content (AvgIpc) is 3.26. The van der Waals surface area contributed by atoms with Crippen LogP contribution in [-0.2, 0) is 10.3 Å². The maximum Gasteiger partial charge on any atom is 0.320 e. The van der Waals surface area contributed by atoms with E-state index < -0.39 is 23.6 Å². The molecule has 2 heterocycles. The van der Waals surface area contributed by atoms with Crippen molar-refractivity contribution in [1.82, 2.24) is 9.80 Å². The Balaban J connectivity index is 1.65. The Morgan fingerprint density at radius 1 is 1.13 bits per heavy atom. The molecule has 208 valence electrons. The maximum atomic E-state index is 15.3. The Hall–Kier alpha value is -2.72. The maximum absolute atomic E-state index is 15.3. The van der Waals surface area contributed by atoms with Crippen LogP contribution in [0.3, 0.4) is 0 Å². The molecule has 4 N–H and O–H groups in total. The predicted octanol–water partition coefficient (Wildman–Crippen LogP) is 3.77. The number of para-hydroxylation sites is 2. The number of likely N-dealkylation sites (tertiary alicyclic amines) is 2. The second kappa shape index (κ2) is 12.4. The summed E-state index contributed by atoms with van der Waals surface area (Å²) in [7, 11) is 1.64. The molecule has 0 unspecified atom stereocenters. The van der Waals surface area contributed by atoms with E-state index in [4.69, 9.17) is 15.2 Å². The molecule has 38 heavy (non-hydrogen) atoms. The summed E-state index contributed by atoms with van der Waals surface area (Å²) in [5, 5.41) is 22.5. The van der Waals surface area contributed by atoms with E-state index in [2.05, 4.69) is 0 Å². The van der Waals surface area contributed by atoms with Crippen LogP contribution in [-0.4, -0.2) is 78.1 Å². The van der Waals surface area contributed by atoms with E-state index in [1.54, 1.807) is 35.1 Å². The Morgan fingerprint density at radius 3 is 2.63 bits per heavy atom. The number of urea groups is 1. The zero-order valence-electron chi connectivity index (χ0n) is 22.3. The smallest absolute Gasteiger partial charge is 0.320 e. The number of methoxy groups -OCH3 is 1. The van der Waals surface area contributed by atoms with E-state index in [0.29, 0.717) is 63.2 Å². The van der Waals surface area contributed by atoms with Crippen molar-refractivity contribution in [3.05, 3.63) is 59.4 Å². The molecule has 0 saturated carbocycles. The van der Waals surface area contributed by atoms with Crippen LogP contribution < -0.4 is 10.5 Å². The third kappa shape index (κ3) is 6.12. The lowest BCUT2D eigenvalue weighted by Gasteiger charge is -2.44. The minimum Gasteiger partial charge on any atom is -0.454 e. The van der Waals surface area contributed by atoms with Crippen molar-refractivity contribution in [2.75, 3.05) is 39.9 Å². The molecule has 2 fully saturated rings. The number of unbranched alkanes of at least 4 members (excludes halogenated alkanes) is 1. The van der Waals surface area contributed by atoms with Gasteiger partial charge in [-0.15, -0.1) is 0 Å². The van der Waals surface area contributed by atoms with E-state index in [1.165, 1.54) is 6.07 Å². The van der Waals surface area contributed by atoms with E-state index in [1.807, 2.05) is 25.1 Å². The summed E-state index contributed by atoms with van der Waals surface area (Å²) < 4.78 is 26.7. The zero-order chi connectivity index (χ0) is 27.3. The lowest BCUT2D eigenvalue weighted by molar-refractivity contribution is -0.0590. The number of aliphatic hydroxyl groups is 2. The number of ether oxygens (including phenoxy) is 2. The first-order valence-electron chi connectivity index (χ1n) is 13.5. The summed E-state index contributed by atoms with van der Waals surface area (Å²) in [4.78, 5) is 16.6. The molecule has 2 aliphatic heterocycles. The van der Waals surface area contributed by atoms with Gasteiger partial charge < -0.3 is 35.2 Å². The lowest BCUT2D eigenvalue weighted by Crippen LogP contribution is -2.52. The molecule has 0 aliphatic carbocycles. The van der Waals surface area contributed by atoms with Gasteiger partial charge >= 0.3 is 6.03 Å². The van der Waals surface area contributed by atoms with Gasteiger partial charge in [0.15, 0.2) is 11.6 Å². The molecule has 2 amide bonds. The number of hydrogen-bond acceptors (Lipinski definition) is 6. The second-order valence-electron chi connectivity index (χ2n) is 10.6. The summed E-state index contributed by atoms with van der Waals surface area (Å²) in [5.74, 6) is -0.368. The van der Waals surface area contributed by atoms with Crippen molar-refractivity contribution in [3.63, 3.8) is 0 Å². The molecule has 0 spiro atoms. The lowest BCUT2D eigenvalue weighted by atomic mass is 9.73. The fourth-order valence-corrected chi connectivity index (χ4v) is 5.64. The van der Waals surface area contributed by atoms with Gasteiger partial charge in [0, 0.05) is 57.4 Å². The Kier molecular flexibility index (Phi) is 9.25. The van der Waals surface area contributed by atoms with Crippen LogP contribution in [0.15, 0.2) is 42.5 Å². The highest BCUT2D eigenvalue weighted by atomic mass is 19.1. The molecule has 2 aromatic carbocycles. The van der Waals surface area contributed by atoms with Gasteiger partial charge in [0.05, 0.1) is 11.7 Å². The number of aliphatic hydroxyl groups excluding tert-OH is 1. The highest BCUT2D eigenvalue weighted by Crippen LogP contribution is 2.45. The minimum atomic E-state index is -1.44. The van der Waals surface area contributed by atoms with Crippen LogP contribution in [0.2, 0.25) is 0 Å². The summed E-state index contributed by atoms with van der Waals surface area (Å²) in [6, 6.07) is 11.4. The predicted molar refractivity (Wildman–Crippen MR) is 143 cm³/mol. The molecule has 2 saturated heterocycles. The van der Waals surface area contributed by atoms with Gasteiger partial charge in [0.2, 0.25) is 0 Å². The quantitative estimate of drug-likeness (QED) is 0.427. The van der Waals surface area contributed by atoms with Crippen molar-refractivity contribution >= 4 is 6.03 Å². The van der Waals surface area contributed by atoms with E-state index in [9.17, 15) is 15.0 Å². The Morgan fingerprint density at radius 2 is 1.92 bits per heavy atom. The molecule has 4 rings (SSSR count). The third-order valence-electron chi connectivity index (χ3n) is 7.87. The van der Waals surface area contributed by atoms with Crippen molar-refractivity contribution < 1.29 is 28.9 Å². The van der Waals surface area contributed by atoms with Gasteiger partial charge in [0.25, 0.3) is 0 Å². The number of rotatable bonds is 9. The topological polar surface area (TPSA) is 108 Å². The van der Waals surface area contributed by atoms with Crippen molar-refractivity contribution in [2.45, 2.75) is 56.8 Å². The van der Waals surface area contributed by atoms with Crippen LogP contribution in [0, 0.1) is 18.7 Å². The summed E-state index contributed by atoms with van der Waals surface area (Å²) in [6.45, 7) is 3.78. The normalized spacial score (nSPS) is 23.4. The molecular formula is C29H40FN3O5. The van der Waals surface area contributed by atoms with E-state index >= 15 is 4.39 Å². The summed E-state index contributed by atoms with van der Waals surface area (Å²) in [5.41, 5.74) is 5.73. The number of amides is 2. The Bertz CT molecular complexity index is 1090. The second-order valence-corrected chi connectivity index (χ2v) is 10.6. The monoisotopic (exact) mass is 529 g/mol. The van der Waals surface area contributed by atoms with Crippen molar-refractivity contribution in [3.8, 4) is 11.5 Å². The number of piperidine rings is 1. The molecule has 0 bridgehead atoms. The molecule has 9 heteroatoms. The van der Waals surface area contributed by atoms with Gasteiger partial charge in [-0.25, -0.2) is 9.18 Å². The number of carbonyl (C=O) groups excluding carboxylic acids is 1. The summed E-state index contributed by atoms with van der Waals surface area (Å²) in [6.07, 6.45) is 2.38. The van der Waals surface area contributed by atoms with Crippen LogP contribution in [0.25, 0.3) is 0 Å². The molecule has 4 atom stereocenters. The number of nitrogens with two attached hydrogens (primary N) is 1. The van der Waals surface area contributed by atoms with Crippen molar-refractivity contribution in [2.24, 2.45) is 11.7 Å². The van der Waals surface area contributed by atoms with Gasteiger partial charge in [-0.05, 0) is 56.7 Å². The number of β-amino-alcohol motifs (C(OH)–C–C–N with tert-alkyl or cyclic N) is 1. The van der Waals surface area contributed by atoms with E-state index in [0.717, 1.165) is 12.0 Å². The minimum absolute atomic E-state index is 0.00753. The molecule has 2 aliphatic rings. The molecule has 8 nitrogen and oxygen atoms in total. The van der Waals surface area contributed by atoms with E-state index in [-0.39, 0.29) is 24.2 Å². The summed E-state index contributed by atoms with van der Waals surface area (Å²) >= 11 is 0. The van der Waals surface area contributed by atoms with Crippen LogP contribution in [0.5, 0.6) is 11.5 Å². The molecule has 2 aromatic rings. The first-order chi connectivity index (χ1) is 18.2. The number of aryl methyl sites for hydroxylation is 1. The van der Waals surface area contributed by atoms with Crippen LogP contribution in [0.1, 0.15) is 43.2 Å². The van der Waals surface area contributed by atoms with Gasteiger partial charge in [-0.3, -0.25) is 0 Å². The number of nitrogens with zero attached hydrogens (tertiary/aromatic N) is 2. The molecular weight excluding hydrogens is 489 g/mol. The van der Waals surface area contributed by atoms with Crippen molar-refractivity contribution in [1.29, 1.82) is 0 Å². The number of hydrogen-bond donors (Lipinski definition) is 3. The largest absolute Gasteiger partial charge is 0.454 e. The van der Waals surface area contributed by atoms with Crippen LogP contribution in [0.4, 0.5) is 9.18 Å². The van der Waals surface area contributed by atoms with Gasteiger partial charge in [-0.1, -0.05) is 30.3 Å².